The number of hydrogen-bond donors (Lipinski definition) is 0. The molecule has 0 aromatic carbocycles. The number of likely N-dealkylation sites (tertiary alicyclic amines) is 1. The highest BCUT2D eigenvalue weighted by molar-refractivity contribution is 4.86. The van der Waals surface area contributed by atoms with Crippen molar-refractivity contribution in [3.8, 4) is 0 Å². The summed E-state index contributed by atoms with van der Waals surface area (Å²) in [5.74, 6) is 2.12. The third-order valence-corrected chi connectivity index (χ3v) is 3.70. The van der Waals surface area contributed by atoms with Crippen LogP contribution in [0.3, 0.4) is 0 Å². The number of rotatable bonds is 5. The molecule has 0 amide bonds. The van der Waals surface area contributed by atoms with Crippen LogP contribution in [0.15, 0.2) is 17.2 Å². The number of nitrogens with zero attached hydrogens (tertiary/aromatic N) is 6. The van der Waals surface area contributed by atoms with Gasteiger partial charge < -0.3 is 4.52 Å². The summed E-state index contributed by atoms with van der Waals surface area (Å²) >= 11 is 0. The molecule has 2 aromatic heterocycles. The number of hydrogen-bond acceptors (Lipinski definition) is 6. The molecule has 0 N–H and O–H groups in total. The van der Waals surface area contributed by atoms with Crippen LogP contribution >= 0.6 is 0 Å². The molecular formula is C13H20N6O. The minimum absolute atomic E-state index is 0.610. The lowest BCUT2D eigenvalue weighted by molar-refractivity contribution is 0.138. The summed E-state index contributed by atoms with van der Waals surface area (Å²) in [7, 11) is 0. The van der Waals surface area contributed by atoms with Crippen molar-refractivity contribution in [2.24, 2.45) is 5.92 Å². The average Bonchev–Trinajstić information content (AvgIpc) is 3.11. The molecule has 0 radical (unpaired) electrons. The van der Waals surface area contributed by atoms with Crippen molar-refractivity contribution in [3.05, 3.63) is 24.4 Å². The van der Waals surface area contributed by atoms with Gasteiger partial charge in [-0.25, -0.2) is 4.98 Å². The van der Waals surface area contributed by atoms with E-state index in [1.807, 2.05) is 11.6 Å². The van der Waals surface area contributed by atoms with Gasteiger partial charge in [0.05, 0.1) is 6.54 Å². The maximum Gasteiger partial charge on any atom is 0.240 e. The number of piperidine rings is 1. The number of aryl methyl sites for hydroxylation is 1. The lowest BCUT2D eigenvalue weighted by atomic mass is 9.98. The van der Waals surface area contributed by atoms with E-state index in [1.165, 1.54) is 12.8 Å². The Hall–Kier alpha value is -1.76. The van der Waals surface area contributed by atoms with Crippen LogP contribution in [-0.4, -0.2) is 42.9 Å². The van der Waals surface area contributed by atoms with Gasteiger partial charge in [-0.05, 0) is 25.3 Å². The molecule has 3 heterocycles. The van der Waals surface area contributed by atoms with E-state index in [2.05, 4.69) is 25.1 Å². The first-order chi connectivity index (χ1) is 9.83. The minimum Gasteiger partial charge on any atom is -0.338 e. The highest BCUT2D eigenvalue weighted by Gasteiger charge is 2.22. The van der Waals surface area contributed by atoms with Crippen molar-refractivity contribution in [1.82, 2.24) is 29.8 Å². The fourth-order valence-corrected chi connectivity index (χ4v) is 2.72. The molecule has 7 nitrogen and oxygen atoms in total. The molecule has 0 saturated carbocycles. The molecule has 0 aliphatic carbocycles. The van der Waals surface area contributed by atoms with Crippen LogP contribution in [0.4, 0.5) is 0 Å². The summed E-state index contributed by atoms with van der Waals surface area (Å²) in [5, 5.41) is 8.12. The smallest absolute Gasteiger partial charge is 0.240 e. The van der Waals surface area contributed by atoms with Crippen LogP contribution in [0.25, 0.3) is 0 Å². The summed E-state index contributed by atoms with van der Waals surface area (Å²) in [6, 6.07) is 0. The third kappa shape index (κ3) is 3.22. The first-order valence-electron chi connectivity index (χ1n) is 7.19. The quantitative estimate of drug-likeness (QED) is 0.815. The molecule has 2 aromatic rings. The molecule has 20 heavy (non-hydrogen) atoms. The van der Waals surface area contributed by atoms with Gasteiger partial charge >= 0.3 is 0 Å². The molecule has 1 fully saturated rings. The summed E-state index contributed by atoms with van der Waals surface area (Å²) < 4.78 is 7.18. The van der Waals surface area contributed by atoms with Crippen molar-refractivity contribution < 1.29 is 4.52 Å². The molecular weight excluding hydrogens is 256 g/mol. The third-order valence-electron chi connectivity index (χ3n) is 3.70. The highest BCUT2D eigenvalue weighted by atomic mass is 16.5. The Kier molecular flexibility index (Phi) is 4.05. The van der Waals surface area contributed by atoms with E-state index in [1.54, 1.807) is 12.7 Å². The fourth-order valence-electron chi connectivity index (χ4n) is 2.72. The summed E-state index contributed by atoms with van der Waals surface area (Å²) in [5.41, 5.74) is 0. The molecule has 0 unspecified atom stereocenters. The molecule has 1 atom stereocenters. The topological polar surface area (TPSA) is 72.9 Å². The van der Waals surface area contributed by atoms with E-state index in [9.17, 15) is 0 Å². The van der Waals surface area contributed by atoms with E-state index >= 15 is 0 Å². The van der Waals surface area contributed by atoms with Crippen LogP contribution in [-0.2, 0) is 19.5 Å². The number of aromatic nitrogens is 5. The zero-order valence-electron chi connectivity index (χ0n) is 11.8. The van der Waals surface area contributed by atoms with Gasteiger partial charge in [-0.3, -0.25) is 9.58 Å². The van der Waals surface area contributed by atoms with Crippen LogP contribution in [0.2, 0.25) is 0 Å². The Morgan fingerprint density at radius 2 is 2.40 bits per heavy atom. The van der Waals surface area contributed by atoms with Crippen LogP contribution in [0.1, 0.15) is 31.5 Å². The molecule has 0 spiro atoms. The van der Waals surface area contributed by atoms with E-state index in [0.717, 1.165) is 44.3 Å². The molecule has 1 aliphatic heterocycles. The standard InChI is InChI=1S/C13H20N6O/c1-2-12-16-13(20-17-12)8-18-5-3-4-11(6-18)7-19-10-14-9-15-19/h9-11H,2-8H2,1H3/t11-/m1/s1. The second-order valence-corrected chi connectivity index (χ2v) is 5.32. The molecule has 3 rings (SSSR count). The first-order valence-corrected chi connectivity index (χ1v) is 7.19. The molecule has 1 aliphatic rings. The molecule has 7 heteroatoms. The molecule has 0 bridgehead atoms. The Labute approximate surface area is 118 Å². The van der Waals surface area contributed by atoms with Crippen LogP contribution < -0.4 is 0 Å². The predicted molar refractivity (Wildman–Crippen MR) is 71.7 cm³/mol. The van der Waals surface area contributed by atoms with Crippen molar-refractivity contribution in [3.63, 3.8) is 0 Å². The second-order valence-electron chi connectivity index (χ2n) is 5.32. The van der Waals surface area contributed by atoms with E-state index < -0.39 is 0 Å². The lowest BCUT2D eigenvalue weighted by Gasteiger charge is -2.31. The van der Waals surface area contributed by atoms with Crippen LogP contribution in [0.5, 0.6) is 0 Å². The van der Waals surface area contributed by atoms with Crippen molar-refractivity contribution in [1.29, 1.82) is 0 Å². The van der Waals surface area contributed by atoms with E-state index in [-0.39, 0.29) is 0 Å². The van der Waals surface area contributed by atoms with Gasteiger partial charge in [0.1, 0.15) is 12.7 Å². The van der Waals surface area contributed by atoms with Gasteiger partial charge in [-0.15, -0.1) is 0 Å². The zero-order chi connectivity index (χ0) is 13.8. The van der Waals surface area contributed by atoms with Gasteiger partial charge in [0.25, 0.3) is 0 Å². The molecule has 1 saturated heterocycles. The van der Waals surface area contributed by atoms with Crippen molar-refractivity contribution >= 4 is 0 Å². The zero-order valence-corrected chi connectivity index (χ0v) is 11.8. The average molecular weight is 276 g/mol. The van der Waals surface area contributed by atoms with Crippen LogP contribution in [0, 0.1) is 5.92 Å². The maximum atomic E-state index is 5.27. The van der Waals surface area contributed by atoms with Gasteiger partial charge in [0, 0.05) is 19.5 Å². The monoisotopic (exact) mass is 276 g/mol. The Morgan fingerprint density at radius 3 is 3.15 bits per heavy atom. The largest absolute Gasteiger partial charge is 0.338 e. The fraction of sp³-hybridized carbons (Fsp3) is 0.692. The Balaban J connectivity index is 1.54. The Bertz CT molecular complexity index is 523. The minimum atomic E-state index is 0.610. The highest BCUT2D eigenvalue weighted by Crippen LogP contribution is 2.19. The lowest BCUT2D eigenvalue weighted by Crippen LogP contribution is -2.36. The second kappa shape index (κ2) is 6.13. The van der Waals surface area contributed by atoms with Gasteiger partial charge in [0.2, 0.25) is 5.89 Å². The summed E-state index contributed by atoms with van der Waals surface area (Å²) in [6.45, 7) is 5.85. The first kappa shape index (κ1) is 13.2. The van der Waals surface area contributed by atoms with E-state index in [0.29, 0.717) is 5.92 Å². The summed E-state index contributed by atoms with van der Waals surface area (Å²) in [6.07, 6.45) is 6.63. The predicted octanol–water partition coefficient (Wildman–Crippen LogP) is 1.14. The normalized spacial score (nSPS) is 20.4. The van der Waals surface area contributed by atoms with Gasteiger partial charge in [0.15, 0.2) is 5.82 Å². The maximum absolute atomic E-state index is 5.27. The van der Waals surface area contributed by atoms with Gasteiger partial charge in [-0.1, -0.05) is 12.1 Å². The van der Waals surface area contributed by atoms with Crippen molar-refractivity contribution in [2.45, 2.75) is 39.3 Å². The van der Waals surface area contributed by atoms with E-state index in [4.69, 9.17) is 4.52 Å². The Morgan fingerprint density at radius 1 is 1.45 bits per heavy atom. The summed E-state index contributed by atoms with van der Waals surface area (Å²) in [4.78, 5) is 10.8. The van der Waals surface area contributed by atoms with Crippen molar-refractivity contribution in [2.75, 3.05) is 13.1 Å². The SMILES string of the molecule is CCc1noc(CN2CCC[C@@H](Cn3cncn3)C2)n1. The van der Waals surface area contributed by atoms with Gasteiger partial charge in [-0.2, -0.15) is 10.1 Å². The molecule has 108 valence electrons.